The van der Waals surface area contributed by atoms with Gasteiger partial charge in [0.1, 0.15) is 5.75 Å². The number of unbranched alkanes of at least 4 members (excludes halogenated alkanes) is 4. The first-order valence-electron chi connectivity index (χ1n) is 11.7. The van der Waals surface area contributed by atoms with Crippen molar-refractivity contribution in [3.05, 3.63) is 53.1 Å². The molecule has 4 nitrogen and oxygen atoms in total. The van der Waals surface area contributed by atoms with Crippen molar-refractivity contribution in [3.63, 3.8) is 0 Å². The van der Waals surface area contributed by atoms with E-state index < -0.39 is 16.8 Å². The zero-order chi connectivity index (χ0) is 23.7. The second-order valence-electron chi connectivity index (χ2n) is 9.04. The van der Waals surface area contributed by atoms with Gasteiger partial charge in [0, 0.05) is 16.2 Å². The van der Waals surface area contributed by atoms with Crippen LogP contribution in [0.2, 0.25) is 0 Å². The van der Waals surface area contributed by atoms with Crippen LogP contribution in [-0.2, 0) is 21.0 Å². The van der Waals surface area contributed by atoms with Crippen LogP contribution in [0, 0.1) is 0 Å². The summed E-state index contributed by atoms with van der Waals surface area (Å²) < 4.78 is 18.9. The normalized spacial score (nSPS) is 18.6. The number of rotatable bonds is 11. The summed E-state index contributed by atoms with van der Waals surface area (Å²) in [5.74, 6) is 0.138. The van der Waals surface area contributed by atoms with E-state index in [1.54, 1.807) is 13.0 Å². The molecule has 5 heteroatoms. The van der Waals surface area contributed by atoms with Gasteiger partial charge in [-0.2, -0.15) is 0 Å². The van der Waals surface area contributed by atoms with Gasteiger partial charge in [0.05, 0.1) is 23.0 Å². The maximum atomic E-state index is 12.8. The van der Waals surface area contributed by atoms with Crippen molar-refractivity contribution in [1.29, 1.82) is 0 Å². The second-order valence-corrected chi connectivity index (χ2v) is 10.6. The van der Waals surface area contributed by atoms with Crippen LogP contribution in [0.4, 0.5) is 0 Å². The largest absolute Gasteiger partial charge is 0.493 e. The predicted octanol–water partition coefficient (Wildman–Crippen LogP) is 6.82. The first-order chi connectivity index (χ1) is 15.2. The Bertz CT molecular complexity index is 922. The lowest BCUT2D eigenvalue weighted by Gasteiger charge is -2.33. The highest BCUT2D eigenvalue weighted by Gasteiger charge is 2.33. The first kappa shape index (κ1) is 26.1. The monoisotopic (exact) mass is 458 g/mol. The fourth-order valence-corrected chi connectivity index (χ4v) is 5.70. The molecule has 0 saturated heterocycles. The number of allylic oxidation sites excluding steroid dienone is 5. The summed E-state index contributed by atoms with van der Waals surface area (Å²) in [6.45, 7) is 10.7. The maximum absolute atomic E-state index is 12.8. The Morgan fingerprint density at radius 1 is 1.19 bits per heavy atom. The highest BCUT2D eigenvalue weighted by Crippen LogP contribution is 2.42. The van der Waals surface area contributed by atoms with E-state index >= 15 is 0 Å². The molecule has 1 heterocycles. The quantitative estimate of drug-likeness (QED) is 0.225. The minimum absolute atomic E-state index is 0.172. The number of carboxylic acids is 1. The molecule has 2 rings (SSSR count). The Balaban J connectivity index is 2.55. The molecule has 32 heavy (non-hydrogen) atoms. The molecule has 0 saturated carbocycles. The molecular formula is C27H38O4S. The summed E-state index contributed by atoms with van der Waals surface area (Å²) in [7, 11) is -1.10. The highest BCUT2D eigenvalue weighted by atomic mass is 32.2. The summed E-state index contributed by atoms with van der Waals surface area (Å²) in [5.41, 5.74) is 2.23. The fraction of sp³-hybridized carbons (Fsp3) is 0.519. The van der Waals surface area contributed by atoms with E-state index in [9.17, 15) is 14.1 Å². The minimum Gasteiger partial charge on any atom is -0.493 e. The Kier molecular flexibility index (Phi) is 9.95. The SMILES string of the molecule is CC=CC=CC(C)=C(C(=O)O)c1cc2c(cc1OCCCCCCC)S(=O)CCC2(C)C. The summed E-state index contributed by atoms with van der Waals surface area (Å²) in [4.78, 5) is 13.1. The van der Waals surface area contributed by atoms with E-state index in [0.29, 0.717) is 29.2 Å². The third-order valence-electron chi connectivity index (χ3n) is 6.00. The molecule has 0 amide bonds. The third-order valence-corrected chi connectivity index (χ3v) is 7.40. The van der Waals surface area contributed by atoms with Crippen molar-refractivity contribution in [2.24, 2.45) is 0 Å². The number of hydrogen-bond donors (Lipinski definition) is 1. The molecule has 1 aliphatic rings. The van der Waals surface area contributed by atoms with E-state index in [0.717, 1.165) is 29.7 Å². The number of aliphatic carboxylic acids is 1. The molecule has 1 aliphatic heterocycles. The molecule has 0 fully saturated rings. The standard InChI is InChI=1S/C27H38O4S/c1-6-8-10-11-13-16-31-23-19-24-22(27(4,5)15-17-32(24)30)18-21(23)25(26(28)29)20(3)14-12-9-7-2/h7,9,12,14,18-19H,6,8,10-11,13,15-17H2,1-5H3,(H,28,29). The molecule has 1 atom stereocenters. The van der Waals surface area contributed by atoms with Crippen molar-refractivity contribution < 1.29 is 18.8 Å². The molecule has 0 aliphatic carbocycles. The summed E-state index contributed by atoms with van der Waals surface area (Å²) >= 11 is 0. The van der Waals surface area contributed by atoms with Crippen LogP contribution >= 0.6 is 0 Å². The van der Waals surface area contributed by atoms with Crippen LogP contribution in [0.3, 0.4) is 0 Å². The second kappa shape index (κ2) is 12.2. The Labute approximate surface area is 195 Å². The molecule has 1 N–H and O–H groups in total. The van der Waals surface area contributed by atoms with Crippen molar-refractivity contribution in [1.82, 2.24) is 0 Å². The van der Waals surface area contributed by atoms with Crippen LogP contribution in [0.1, 0.15) is 84.3 Å². The minimum atomic E-state index is -1.10. The van der Waals surface area contributed by atoms with E-state index in [1.165, 1.54) is 19.3 Å². The van der Waals surface area contributed by atoms with Crippen molar-refractivity contribution in [2.45, 2.75) is 83.5 Å². The van der Waals surface area contributed by atoms with Crippen molar-refractivity contribution >= 4 is 22.3 Å². The van der Waals surface area contributed by atoms with Crippen LogP contribution in [-0.4, -0.2) is 27.6 Å². The maximum Gasteiger partial charge on any atom is 0.336 e. The van der Waals surface area contributed by atoms with Crippen LogP contribution < -0.4 is 4.74 Å². The van der Waals surface area contributed by atoms with Gasteiger partial charge < -0.3 is 9.84 Å². The van der Waals surface area contributed by atoms with Gasteiger partial charge in [0.15, 0.2) is 0 Å². The van der Waals surface area contributed by atoms with Crippen molar-refractivity contribution in [2.75, 3.05) is 12.4 Å². The molecule has 176 valence electrons. The third kappa shape index (κ3) is 6.68. The Morgan fingerprint density at radius 2 is 1.91 bits per heavy atom. The molecule has 1 aromatic carbocycles. The summed E-state index contributed by atoms with van der Waals surface area (Å²) in [6.07, 6.45) is 13.8. The molecule has 0 bridgehead atoms. The van der Waals surface area contributed by atoms with Crippen LogP contribution in [0.5, 0.6) is 5.75 Å². The molecule has 1 aromatic rings. The smallest absolute Gasteiger partial charge is 0.336 e. The van der Waals surface area contributed by atoms with Gasteiger partial charge >= 0.3 is 5.97 Å². The zero-order valence-electron chi connectivity index (χ0n) is 20.2. The van der Waals surface area contributed by atoms with Gasteiger partial charge in [-0.1, -0.05) is 70.8 Å². The number of ether oxygens (including phenoxy) is 1. The van der Waals surface area contributed by atoms with E-state index in [4.69, 9.17) is 4.74 Å². The lowest BCUT2D eigenvalue weighted by atomic mass is 9.80. The number of benzene rings is 1. The first-order valence-corrected chi connectivity index (χ1v) is 13.0. The van der Waals surface area contributed by atoms with E-state index in [2.05, 4.69) is 20.8 Å². The number of hydrogen-bond acceptors (Lipinski definition) is 3. The topological polar surface area (TPSA) is 63.6 Å². The van der Waals surface area contributed by atoms with E-state index in [-0.39, 0.29) is 11.0 Å². The Morgan fingerprint density at radius 3 is 2.56 bits per heavy atom. The average molecular weight is 459 g/mol. The molecule has 0 radical (unpaired) electrons. The van der Waals surface area contributed by atoms with Gasteiger partial charge in [-0.05, 0) is 55.4 Å². The molecular weight excluding hydrogens is 420 g/mol. The zero-order valence-corrected chi connectivity index (χ0v) is 21.0. The number of fused-ring (bicyclic) bond motifs is 1. The lowest BCUT2D eigenvalue weighted by molar-refractivity contribution is -0.130. The van der Waals surface area contributed by atoms with Gasteiger partial charge in [0.25, 0.3) is 0 Å². The predicted molar refractivity (Wildman–Crippen MR) is 134 cm³/mol. The van der Waals surface area contributed by atoms with Crippen LogP contribution in [0.15, 0.2) is 46.9 Å². The molecule has 0 spiro atoms. The summed E-state index contributed by atoms with van der Waals surface area (Å²) in [6, 6.07) is 3.74. The van der Waals surface area contributed by atoms with Gasteiger partial charge in [-0.25, -0.2) is 4.79 Å². The van der Waals surface area contributed by atoms with Crippen LogP contribution in [0.25, 0.3) is 5.57 Å². The van der Waals surface area contributed by atoms with Gasteiger partial charge in [-0.3, -0.25) is 4.21 Å². The van der Waals surface area contributed by atoms with Crippen molar-refractivity contribution in [3.8, 4) is 5.75 Å². The van der Waals surface area contributed by atoms with Gasteiger partial charge in [0.2, 0.25) is 0 Å². The Hall–Kier alpha value is -2.14. The lowest BCUT2D eigenvalue weighted by Crippen LogP contribution is -2.28. The van der Waals surface area contributed by atoms with E-state index in [1.807, 2.05) is 37.3 Å². The number of carbonyl (C=O) groups is 1. The fourth-order valence-electron chi connectivity index (χ4n) is 3.96. The highest BCUT2D eigenvalue weighted by molar-refractivity contribution is 7.85. The number of carboxylic acid groups (broad SMARTS) is 1. The average Bonchev–Trinajstić information content (AvgIpc) is 2.74. The molecule has 1 unspecified atom stereocenters. The summed E-state index contributed by atoms with van der Waals surface area (Å²) in [5, 5.41) is 10.1. The molecule has 0 aromatic heterocycles. The van der Waals surface area contributed by atoms with Gasteiger partial charge in [-0.15, -0.1) is 0 Å².